The summed E-state index contributed by atoms with van der Waals surface area (Å²) < 4.78 is 33.7. The van der Waals surface area contributed by atoms with Crippen LogP contribution in [-0.4, -0.2) is 59.8 Å². The maximum atomic E-state index is 14.1. The standard InChI is InChI=1S/C30H31F2N5O4S/c1-3-23(38)36-13-5-6-17(15-36)34-28(39)27-25-24-22(11-12-33-29(24)42-27)37(30(40)35-25)21-10-9-18(14-16(21)2)41-26-19(31)7-4-8-20(26)32/h3-4,7-10,14,17,22,24,29,33H,1,5-6,11-13,15H2,2H3,(H,34,39)(H,35,40)/t17-,22?,24?,29?/m1/s1. The number of nitrogens with one attached hydrogen (secondary N) is 3. The van der Waals surface area contributed by atoms with E-state index in [4.69, 9.17) is 4.74 Å². The van der Waals surface area contributed by atoms with E-state index in [9.17, 15) is 23.2 Å². The number of halogens is 2. The zero-order valence-corrected chi connectivity index (χ0v) is 23.8. The summed E-state index contributed by atoms with van der Waals surface area (Å²) in [7, 11) is 0. The molecule has 4 aliphatic heterocycles. The van der Waals surface area contributed by atoms with Gasteiger partial charge in [-0.05, 0) is 74.7 Å². The fraction of sp³-hybridized carbons (Fsp3) is 0.367. The molecule has 3 N–H and O–H groups in total. The molecular formula is C30H31F2N5O4S. The first kappa shape index (κ1) is 28.2. The summed E-state index contributed by atoms with van der Waals surface area (Å²) >= 11 is 1.42. The van der Waals surface area contributed by atoms with Crippen LogP contribution in [0.25, 0.3) is 0 Å². The molecule has 6 rings (SSSR count). The number of anilines is 1. The number of nitrogens with zero attached hydrogens (tertiary/aromatic N) is 2. The first-order valence-electron chi connectivity index (χ1n) is 13.9. The minimum Gasteiger partial charge on any atom is -0.451 e. The van der Waals surface area contributed by atoms with Gasteiger partial charge in [0.1, 0.15) is 5.75 Å². The Hall–Kier alpha value is -3.90. The highest BCUT2D eigenvalue weighted by molar-refractivity contribution is 8.04. The van der Waals surface area contributed by atoms with Crippen LogP contribution in [0, 0.1) is 24.5 Å². The molecule has 220 valence electrons. The van der Waals surface area contributed by atoms with Crippen molar-refractivity contribution in [2.45, 2.75) is 43.6 Å². The van der Waals surface area contributed by atoms with Crippen molar-refractivity contribution in [3.8, 4) is 11.5 Å². The lowest BCUT2D eigenvalue weighted by molar-refractivity contribution is -0.128. The summed E-state index contributed by atoms with van der Waals surface area (Å²) in [6.45, 7) is 7.08. The fourth-order valence-electron chi connectivity index (χ4n) is 6.24. The molecule has 3 unspecified atom stereocenters. The van der Waals surface area contributed by atoms with Crippen LogP contribution >= 0.6 is 11.8 Å². The molecule has 4 aliphatic rings. The highest BCUT2D eigenvalue weighted by Gasteiger charge is 2.52. The molecule has 0 aliphatic carbocycles. The van der Waals surface area contributed by atoms with Gasteiger partial charge in [-0.1, -0.05) is 24.4 Å². The number of likely N-dealkylation sites (tertiary alicyclic amines) is 1. The Bertz CT molecular complexity index is 1480. The van der Waals surface area contributed by atoms with Crippen LogP contribution in [0.15, 0.2) is 59.7 Å². The van der Waals surface area contributed by atoms with E-state index in [2.05, 4.69) is 22.5 Å². The Morgan fingerprint density at radius 1 is 1.19 bits per heavy atom. The number of benzene rings is 2. The molecular weight excluding hydrogens is 564 g/mol. The van der Waals surface area contributed by atoms with Crippen molar-refractivity contribution in [1.29, 1.82) is 0 Å². The maximum Gasteiger partial charge on any atom is 0.326 e. The minimum atomic E-state index is -0.808. The number of para-hydroxylation sites is 1. The fourth-order valence-corrected chi connectivity index (χ4v) is 7.64. The molecule has 0 bridgehead atoms. The third-order valence-electron chi connectivity index (χ3n) is 8.16. The Labute approximate surface area is 246 Å². The van der Waals surface area contributed by atoms with Gasteiger partial charge in [-0.3, -0.25) is 14.5 Å². The molecule has 4 amide bonds. The summed E-state index contributed by atoms with van der Waals surface area (Å²) in [6, 6.07) is 7.71. The number of rotatable bonds is 6. The Morgan fingerprint density at radius 2 is 1.98 bits per heavy atom. The molecule has 0 saturated carbocycles. The summed E-state index contributed by atoms with van der Waals surface area (Å²) in [6.07, 6.45) is 3.50. The second-order valence-electron chi connectivity index (χ2n) is 10.8. The van der Waals surface area contributed by atoms with Gasteiger partial charge in [0, 0.05) is 36.4 Å². The highest BCUT2D eigenvalue weighted by Crippen LogP contribution is 2.48. The number of hydrogen-bond acceptors (Lipinski definition) is 6. The van der Waals surface area contributed by atoms with Crippen molar-refractivity contribution in [2.24, 2.45) is 5.92 Å². The normalized spacial score (nSPS) is 25.1. The maximum absolute atomic E-state index is 14.1. The van der Waals surface area contributed by atoms with Crippen molar-refractivity contribution >= 4 is 35.3 Å². The molecule has 9 nitrogen and oxygen atoms in total. The van der Waals surface area contributed by atoms with E-state index in [1.54, 1.807) is 28.0 Å². The van der Waals surface area contributed by atoms with Gasteiger partial charge in [0.05, 0.1) is 16.3 Å². The van der Waals surface area contributed by atoms with Gasteiger partial charge in [-0.25, -0.2) is 13.6 Å². The molecule has 2 aromatic rings. The Kier molecular flexibility index (Phi) is 7.67. The summed E-state index contributed by atoms with van der Waals surface area (Å²) in [5, 5.41) is 9.46. The van der Waals surface area contributed by atoms with Gasteiger partial charge in [-0.2, -0.15) is 0 Å². The zero-order valence-electron chi connectivity index (χ0n) is 23.0. The van der Waals surface area contributed by atoms with Crippen molar-refractivity contribution in [3.63, 3.8) is 0 Å². The summed E-state index contributed by atoms with van der Waals surface area (Å²) in [5.41, 5.74) is 1.96. The van der Waals surface area contributed by atoms with Crippen molar-refractivity contribution in [2.75, 3.05) is 24.5 Å². The SMILES string of the molecule is C=CC(=O)N1CCC[C@@H](NC(=O)C2=C3NC(=O)N(c4ccc(Oc5c(F)cccc5F)cc4C)C4CCNC(S2)C34)C1. The smallest absolute Gasteiger partial charge is 0.326 e. The van der Waals surface area contributed by atoms with Crippen LogP contribution in [0.2, 0.25) is 0 Å². The van der Waals surface area contributed by atoms with Gasteiger partial charge in [0.15, 0.2) is 17.4 Å². The van der Waals surface area contributed by atoms with E-state index in [-0.39, 0.29) is 47.0 Å². The summed E-state index contributed by atoms with van der Waals surface area (Å²) in [5.74, 6) is -2.41. The number of ether oxygens (including phenoxy) is 1. The van der Waals surface area contributed by atoms with E-state index >= 15 is 0 Å². The average molecular weight is 596 g/mol. The first-order chi connectivity index (χ1) is 20.2. The van der Waals surface area contributed by atoms with Gasteiger partial charge >= 0.3 is 6.03 Å². The van der Waals surface area contributed by atoms with Crippen molar-refractivity contribution < 1.29 is 27.9 Å². The molecule has 42 heavy (non-hydrogen) atoms. The second-order valence-corrected chi connectivity index (χ2v) is 12.0. The number of amides is 4. The largest absolute Gasteiger partial charge is 0.451 e. The average Bonchev–Trinajstić information content (AvgIpc) is 3.35. The molecule has 0 aromatic heterocycles. The second kappa shape index (κ2) is 11.4. The Balaban J connectivity index is 1.22. The molecule has 2 aromatic carbocycles. The third kappa shape index (κ3) is 5.13. The predicted molar refractivity (Wildman–Crippen MR) is 155 cm³/mol. The monoisotopic (exact) mass is 595 g/mol. The number of carbonyl (C=O) groups is 3. The van der Waals surface area contributed by atoms with E-state index in [0.29, 0.717) is 47.9 Å². The quantitative estimate of drug-likeness (QED) is 0.434. The van der Waals surface area contributed by atoms with Crippen LogP contribution in [-0.2, 0) is 9.59 Å². The van der Waals surface area contributed by atoms with Crippen LogP contribution in [0.5, 0.6) is 11.5 Å². The lowest BCUT2D eigenvalue weighted by Crippen LogP contribution is -2.62. The van der Waals surface area contributed by atoms with E-state index < -0.39 is 17.4 Å². The number of hydrogen-bond donors (Lipinski definition) is 3. The molecule has 3 fully saturated rings. The molecule has 3 saturated heterocycles. The molecule has 4 atom stereocenters. The summed E-state index contributed by atoms with van der Waals surface area (Å²) in [4.78, 5) is 43.0. The number of carbonyl (C=O) groups excluding carboxylic acids is 3. The molecule has 0 radical (unpaired) electrons. The van der Waals surface area contributed by atoms with E-state index in [1.165, 1.54) is 23.9 Å². The molecule has 0 spiro atoms. The van der Waals surface area contributed by atoms with Gasteiger partial charge < -0.3 is 25.6 Å². The van der Waals surface area contributed by atoms with E-state index in [0.717, 1.165) is 25.0 Å². The van der Waals surface area contributed by atoms with Gasteiger partial charge in [0.2, 0.25) is 5.91 Å². The van der Waals surface area contributed by atoms with Gasteiger partial charge in [-0.15, -0.1) is 0 Å². The third-order valence-corrected chi connectivity index (χ3v) is 9.51. The minimum absolute atomic E-state index is 0.0975. The predicted octanol–water partition coefficient (Wildman–Crippen LogP) is 4.15. The van der Waals surface area contributed by atoms with Crippen LogP contribution < -0.4 is 25.6 Å². The van der Waals surface area contributed by atoms with Gasteiger partial charge in [0.25, 0.3) is 5.91 Å². The topological polar surface area (TPSA) is 103 Å². The number of piperidine rings is 2. The first-order valence-corrected chi connectivity index (χ1v) is 14.8. The number of urea groups is 1. The van der Waals surface area contributed by atoms with Crippen LogP contribution in [0.1, 0.15) is 24.8 Å². The lowest BCUT2D eigenvalue weighted by atomic mass is 9.86. The highest BCUT2D eigenvalue weighted by atomic mass is 32.2. The molecule has 4 heterocycles. The van der Waals surface area contributed by atoms with Crippen molar-refractivity contribution in [1.82, 2.24) is 20.9 Å². The lowest BCUT2D eigenvalue weighted by Gasteiger charge is -2.46. The van der Waals surface area contributed by atoms with Crippen molar-refractivity contribution in [3.05, 3.63) is 76.9 Å². The number of thioether (sulfide) groups is 1. The van der Waals surface area contributed by atoms with E-state index in [1.807, 2.05) is 6.92 Å². The Morgan fingerprint density at radius 3 is 2.71 bits per heavy atom. The zero-order chi connectivity index (χ0) is 29.5. The molecule has 12 heteroatoms. The number of aryl methyl sites for hydroxylation is 1. The van der Waals surface area contributed by atoms with Crippen LogP contribution in [0.4, 0.5) is 19.3 Å². The van der Waals surface area contributed by atoms with Crippen LogP contribution in [0.3, 0.4) is 0 Å².